The fourth-order valence-corrected chi connectivity index (χ4v) is 3.01. The standard InChI is InChI=1S/C9H12O/c1-2-7-3-6-4-8-9(7,5-6)10-8/h2,6-8H,1,3-5H2. The van der Waals surface area contributed by atoms with Crippen molar-refractivity contribution in [2.75, 3.05) is 0 Å². The Labute approximate surface area is 61.1 Å². The predicted molar refractivity (Wildman–Crippen MR) is 38.6 cm³/mol. The van der Waals surface area contributed by atoms with Crippen LogP contribution in [-0.4, -0.2) is 11.7 Å². The van der Waals surface area contributed by atoms with Crippen molar-refractivity contribution in [2.45, 2.75) is 31.0 Å². The van der Waals surface area contributed by atoms with Crippen LogP contribution in [0.5, 0.6) is 0 Å². The summed E-state index contributed by atoms with van der Waals surface area (Å²) in [5.74, 6) is 1.66. The van der Waals surface area contributed by atoms with E-state index in [-0.39, 0.29) is 0 Å². The fourth-order valence-electron chi connectivity index (χ4n) is 3.01. The molecule has 10 heavy (non-hydrogen) atoms. The molecule has 1 nitrogen and oxygen atoms in total. The summed E-state index contributed by atoms with van der Waals surface area (Å²) in [5.41, 5.74) is 0.326. The highest BCUT2D eigenvalue weighted by Crippen LogP contribution is 2.65. The Bertz CT molecular complexity index is 199. The van der Waals surface area contributed by atoms with Crippen molar-refractivity contribution in [3.05, 3.63) is 12.7 Å². The van der Waals surface area contributed by atoms with Crippen molar-refractivity contribution in [3.63, 3.8) is 0 Å². The molecule has 1 heterocycles. The van der Waals surface area contributed by atoms with Gasteiger partial charge in [-0.25, -0.2) is 0 Å². The van der Waals surface area contributed by atoms with Crippen molar-refractivity contribution >= 4 is 0 Å². The maximum atomic E-state index is 5.66. The van der Waals surface area contributed by atoms with Gasteiger partial charge in [0.05, 0.1) is 6.10 Å². The predicted octanol–water partition coefficient (Wildman–Crippen LogP) is 1.74. The molecule has 0 aromatic rings. The molecule has 1 heteroatoms. The Hall–Kier alpha value is -0.300. The summed E-state index contributed by atoms with van der Waals surface area (Å²) in [7, 11) is 0. The van der Waals surface area contributed by atoms with Gasteiger partial charge < -0.3 is 4.74 Å². The van der Waals surface area contributed by atoms with Gasteiger partial charge in [0, 0.05) is 5.92 Å². The zero-order valence-electron chi connectivity index (χ0n) is 6.05. The van der Waals surface area contributed by atoms with E-state index in [4.69, 9.17) is 4.74 Å². The maximum Gasteiger partial charge on any atom is 0.101 e. The lowest BCUT2D eigenvalue weighted by Gasteiger charge is -2.12. The van der Waals surface area contributed by atoms with Crippen LogP contribution < -0.4 is 0 Å². The normalized spacial score (nSPS) is 62.2. The third kappa shape index (κ3) is 0.392. The van der Waals surface area contributed by atoms with Gasteiger partial charge in [-0.15, -0.1) is 6.58 Å². The number of rotatable bonds is 1. The Morgan fingerprint density at radius 2 is 2.40 bits per heavy atom. The van der Waals surface area contributed by atoms with Gasteiger partial charge in [0.25, 0.3) is 0 Å². The third-order valence-corrected chi connectivity index (χ3v) is 3.50. The van der Waals surface area contributed by atoms with Crippen LogP contribution in [0.4, 0.5) is 0 Å². The molecule has 0 amide bonds. The SMILES string of the molecule is C=CC1CC2CC3OC13C2. The fraction of sp³-hybridized carbons (Fsp3) is 0.778. The van der Waals surface area contributed by atoms with Crippen molar-refractivity contribution in [1.82, 2.24) is 0 Å². The largest absolute Gasteiger partial charge is 0.365 e. The summed E-state index contributed by atoms with van der Waals surface area (Å²) >= 11 is 0. The molecule has 1 spiro atoms. The van der Waals surface area contributed by atoms with Gasteiger partial charge in [-0.2, -0.15) is 0 Å². The van der Waals surface area contributed by atoms with Crippen LogP contribution in [0, 0.1) is 11.8 Å². The monoisotopic (exact) mass is 136 g/mol. The van der Waals surface area contributed by atoms with E-state index < -0.39 is 0 Å². The van der Waals surface area contributed by atoms with Crippen molar-refractivity contribution in [1.29, 1.82) is 0 Å². The summed E-state index contributed by atoms with van der Waals surface area (Å²) < 4.78 is 5.66. The number of ether oxygens (including phenoxy) is 1. The molecule has 1 saturated heterocycles. The minimum absolute atomic E-state index is 0.326. The first-order chi connectivity index (χ1) is 4.85. The van der Waals surface area contributed by atoms with Crippen LogP contribution in [0.25, 0.3) is 0 Å². The van der Waals surface area contributed by atoms with Crippen molar-refractivity contribution < 1.29 is 4.74 Å². The van der Waals surface area contributed by atoms with E-state index in [0.717, 1.165) is 5.92 Å². The van der Waals surface area contributed by atoms with Crippen LogP contribution >= 0.6 is 0 Å². The van der Waals surface area contributed by atoms with Gasteiger partial charge in [0.15, 0.2) is 0 Å². The zero-order chi connectivity index (χ0) is 6.77. The Balaban J connectivity index is 1.99. The summed E-state index contributed by atoms with van der Waals surface area (Å²) in [6.45, 7) is 3.85. The van der Waals surface area contributed by atoms with E-state index in [2.05, 4.69) is 12.7 Å². The molecule has 3 aliphatic rings. The molecule has 3 fully saturated rings. The van der Waals surface area contributed by atoms with Crippen LogP contribution in [0.3, 0.4) is 0 Å². The molecular formula is C9H12O. The second-order valence-electron chi connectivity index (χ2n) is 3.95. The van der Waals surface area contributed by atoms with E-state index in [9.17, 15) is 0 Å². The van der Waals surface area contributed by atoms with Crippen molar-refractivity contribution in [3.8, 4) is 0 Å². The minimum atomic E-state index is 0.326. The second-order valence-corrected chi connectivity index (χ2v) is 3.95. The molecule has 4 atom stereocenters. The van der Waals surface area contributed by atoms with E-state index >= 15 is 0 Å². The molecule has 2 saturated carbocycles. The number of fused-ring (bicyclic) bond motifs is 1. The highest BCUT2D eigenvalue weighted by Gasteiger charge is 2.69. The molecule has 3 rings (SSSR count). The Kier molecular flexibility index (Phi) is 0.713. The molecule has 1 aliphatic heterocycles. The Morgan fingerprint density at radius 3 is 2.90 bits per heavy atom. The molecule has 54 valence electrons. The Morgan fingerprint density at radius 1 is 1.50 bits per heavy atom. The molecule has 0 aromatic heterocycles. The van der Waals surface area contributed by atoms with Gasteiger partial charge in [0.1, 0.15) is 5.60 Å². The van der Waals surface area contributed by atoms with Crippen LogP contribution in [-0.2, 0) is 4.74 Å². The van der Waals surface area contributed by atoms with Gasteiger partial charge in [0.2, 0.25) is 0 Å². The molecular weight excluding hydrogens is 124 g/mol. The lowest BCUT2D eigenvalue weighted by molar-refractivity contribution is 0.246. The molecule has 2 aliphatic carbocycles. The highest BCUT2D eigenvalue weighted by molar-refractivity contribution is 5.22. The average Bonchev–Trinajstić information content (AvgIpc) is 2.36. The summed E-state index contributed by atoms with van der Waals surface area (Å²) in [5, 5.41) is 0. The summed E-state index contributed by atoms with van der Waals surface area (Å²) in [6.07, 6.45) is 6.74. The first kappa shape index (κ1) is 5.36. The zero-order valence-corrected chi connectivity index (χ0v) is 6.05. The quantitative estimate of drug-likeness (QED) is 0.395. The van der Waals surface area contributed by atoms with Gasteiger partial charge >= 0.3 is 0 Å². The van der Waals surface area contributed by atoms with Crippen LogP contribution in [0.2, 0.25) is 0 Å². The van der Waals surface area contributed by atoms with Crippen molar-refractivity contribution in [2.24, 2.45) is 11.8 Å². The molecule has 4 unspecified atom stereocenters. The third-order valence-electron chi connectivity index (χ3n) is 3.50. The summed E-state index contributed by atoms with van der Waals surface area (Å²) in [4.78, 5) is 0. The van der Waals surface area contributed by atoms with Gasteiger partial charge in [-0.05, 0) is 25.2 Å². The average molecular weight is 136 g/mol. The maximum absolute atomic E-state index is 5.66. The number of hydrogen-bond donors (Lipinski definition) is 0. The van der Waals surface area contributed by atoms with Gasteiger partial charge in [-0.3, -0.25) is 0 Å². The lowest BCUT2D eigenvalue weighted by atomic mass is 9.89. The summed E-state index contributed by atoms with van der Waals surface area (Å²) in [6, 6.07) is 0. The number of epoxide rings is 1. The molecule has 2 bridgehead atoms. The first-order valence-electron chi connectivity index (χ1n) is 4.15. The van der Waals surface area contributed by atoms with Crippen LogP contribution in [0.1, 0.15) is 19.3 Å². The van der Waals surface area contributed by atoms with E-state index in [1.807, 2.05) is 0 Å². The minimum Gasteiger partial charge on any atom is -0.365 e. The molecule has 0 radical (unpaired) electrons. The van der Waals surface area contributed by atoms with Gasteiger partial charge in [-0.1, -0.05) is 6.08 Å². The molecule has 0 aromatic carbocycles. The van der Waals surface area contributed by atoms with E-state index in [0.29, 0.717) is 17.6 Å². The number of hydrogen-bond acceptors (Lipinski definition) is 1. The topological polar surface area (TPSA) is 12.5 Å². The second kappa shape index (κ2) is 1.33. The first-order valence-corrected chi connectivity index (χ1v) is 4.15. The highest BCUT2D eigenvalue weighted by atomic mass is 16.6. The van der Waals surface area contributed by atoms with E-state index in [1.165, 1.54) is 19.3 Å². The lowest BCUT2D eigenvalue weighted by Crippen LogP contribution is -2.18. The van der Waals surface area contributed by atoms with E-state index in [1.54, 1.807) is 0 Å². The molecule has 0 N–H and O–H groups in total. The smallest absolute Gasteiger partial charge is 0.101 e. The van der Waals surface area contributed by atoms with Crippen LogP contribution in [0.15, 0.2) is 12.7 Å².